The van der Waals surface area contributed by atoms with Crippen LogP contribution >= 0.6 is 0 Å². The van der Waals surface area contributed by atoms with Gasteiger partial charge in [0, 0.05) is 23.8 Å². The molecular formula is C22H22F3N5O3. The number of benzene rings is 1. The number of carbonyl (C=O) groups excluding carboxylic acids is 1. The summed E-state index contributed by atoms with van der Waals surface area (Å²) in [7, 11) is 0. The van der Waals surface area contributed by atoms with Crippen LogP contribution in [0.15, 0.2) is 30.6 Å². The summed E-state index contributed by atoms with van der Waals surface area (Å²) in [5, 5.41) is 11.4. The Morgan fingerprint density at radius 3 is 2.85 bits per heavy atom. The quantitative estimate of drug-likeness (QED) is 0.544. The van der Waals surface area contributed by atoms with Crippen molar-refractivity contribution >= 4 is 16.9 Å². The summed E-state index contributed by atoms with van der Waals surface area (Å²) < 4.78 is 47.4. The monoisotopic (exact) mass is 461 g/mol. The molecule has 2 N–H and O–H groups in total. The van der Waals surface area contributed by atoms with E-state index in [1.165, 1.54) is 0 Å². The van der Waals surface area contributed by atoms with Crippen LogP contribution in [0.1, 0.15) is 24.8 Å². The highest BCUT2D eigenvalue weighted by molar-refractivity contribution is 5.92. The number of hydrogen-bond donors (Lipinski definition) is 2. The van der Waals surface area contributed by atoms with Crippen LogP contribution in [0.5, 0.6) is 5.88 Å². The number of hydrogen-bond acceptors (Lipinski definition) is 7. The Labute approximate surface area is 186 Å². The number of H-pyrrole nitrogens is 1. The number of carbonyl (C=O) groups is 1. The van der Waals surface area contributed by atoms with Gasteiger partial charge in [0.15, 0.2) is 0 Å². The number of fused-ring (bicyclic) bond motifs is 1. The molecule has 8 nitrogen and oxygen atoms in total. The second-order valence-corrected chi connectivity index (χ2v) is 8.50. The Kier molecular flexibility index (Phi) is 5.43. The van der Waals surface area contributed by atoms with Gasteiger partial charge >= 0.3 is 12.1 Å². The lowest BCUT2D eigenvalue weighted by Gasteiger charge is -2.32. The van der Waals surface area contributed by atoms with Gasteiger partial charge in [0.05, 0.1) is 24.5 Å². The molecule has 1 aromatic carbocycles. The highest BCUT2D eigenvalue weighted by Gasteiger charge is 2.52. The molecule has 1 aliphatic heterocycles. The van der Waals surface area contributed by atoms with E-state index in [0.29, 0.717) is 22.8 Å². The minimum absolute atomic E-state index is 0.0535. The molecule has 1 saturated heterocycles. The van der Waals surface area contributed by atoms with Crippen molar-refractivity contribution in [3.05, 3.63) is 36.2 Å². The van der Waals surface area contributed by atoms with Crippen molar-refractivity contribution in [1.82, 2.24) is 25.5 Å². The average Bonchev–Trinajstić information content (AvgIpc) is 3.43. The first-order valence-corrected chi connectivity index (χ1v) is 10.7. The lowest BCUT2D eigenvalue weighted by atomic mass is 9.92. The molecule has 2 aliphatic rings. The summed E-state index contributed by atoms with van der Waals surface area (Å²) in [6.45, 7) is 1.40. The van der Waals surface area contributed by atoms with Crippen molar-refractivity contribution in [3.8, 4) is 17.3 Å². The zero-order valence-corrected chi connectivity index (χ0v) is 17.6. The van der Waals surface area contributed by atoms with Gasteiger partial charge in [-0.15, -0.1) is 0 Å². The van der Waals surface area contributed by atoms with E-state index in [9.17, 15) is 18.0 Å². The second kappa shape index (κ2) is 8.29. The number of rotatable bonds is 6. The zero-order chi connectivity index (χ0) is 23.1. The van der Waals surface area contributed by atoms with Gasteiger partial charge in [0.25, 0.3) is 0 Å². The van der Waals surface area contributed by atoms with Crippen LogP contribution in [0.2, 0.25) is 0 Å². The molecule has 2 fully saturated rings. The van der Waals surface area contributed by atoms with Crippen molar-refractivity contribution in [2.75, 3.05) is 19.7 Å². The second-order valence-electron chi connectivity index (χ2n) is 8.50. The smallest absolute Gasteiger partial charge is 0.471 e. The SMILES string of the molecule is O=C(OCCc1ccc2[nH]nc(-c3cncc(O[C@H]4CNCCC45CC5)n3)c2c1)C(F)(F)F. The highest BCUT2D eigenvalue weighted by atomic mass is 19.4. The maximum Gasteiger partial charge on any atom is 0.490 e. The van der Waals surface area contributed by atoms with Gasteiger partial charge < -0.3 is 14.8 Å². The Hall–Kier alpha value is -3.21. The molecule has 3 heterocycles. The fourth-order valence-electron chi connectivity index (χ4n) is 4.27. The van der Waals surface area contributed by atoms with E-state index in [-0.39, 0.29) is 24.5 Å². The van der Waals surface area contributed by atoms with Crippen LogP contribution in [0, 0.1) is 5.41 Å². The number of nitrogens with zero attached hydrogens (tertiary/aromatic N) is 3. The molecule has 0 bridgehead atoms. The molecule has 0 amide bonds. The van der Waals surface area contributed by atoms with Crippen molar-refractivity contribution in [3.63, 3.8) is 0 Å². The van der Waals surface area contributed by atoms with E-state index in [0.717, 1.165) is 43.3 Å². The predicted octanol–water partition coefficient (Wildman–Crippen LogP) is 3.19. The fraction of sp³-hybridized carbons (Fsp3) is 0.455. The van der Waals surface area contributed by atoms with Gasteiger partial charge in [-0.05, 0) is 43.5 Å². The maximum absolute atomic E-state index is 12.3. The van der Waals surface area contributed by atoms with Crippen LogP contribution in [-0.2, 0) is 16.0 Å². The largest absolute Gasteiger partial charge is 0.490 e. The molecule has 1 saturated carbocycles. The molecule has 33 heavy (non-hydrogen) atoms. The number of esters is 1. The van der Waals surface area contributed by atoms with Crippen molar-refractivity contribution < 1.29 is 27.4 Å². The van der Waals surface area contributed by atoms with Crippen LogP contribution in [-0.4, -0.2) is 58.1 Å². The summed E-state index contributed by atoms with van der Waals surface area (Å²) in [6, 6.07) is 5.29. The first-order valence-electron chi connectivity index (χ1n) is 10.7. The van der Waals surface area contributed by atoms with Gasteiger partial charge in [-0.3, -0.25) is 10.1 Å². The molecule has 5 rings (SSSR count). The summed E-state index contributed by atoms with van der Waals surface area (Å²) in [5.74, 6) is -1.76. The maximum atomic E-state index is 12.3. The Balaban J connectivity index is 1.33. The number of halogens is 3. The third-order valence-corrected chi connectivity index (χ3v) is 6.31. The fourth-order valence-corrected chi connectivity index (χ4v) is 4.27. The van der Waals surface area contributed by atoms with E-state index >= 15 is 0 Å². The molecule has 174 valence electrons. The van der Waals surface area contributed by atoms with E-state index in [1.807, 2.05) is 0 Å². The summed E-state index contributed by atoms with van der Waals surface area (Å²) in [6.07, 6.45) is 1.78. The van der Waals surface area contributed by atoms with Gasteiger partial charge in [-0.2, -0.15) is 18.3 Å². The zero-order valence-electron chi connectivity index (χ0n) is 17.6. The van der Waals surface area contributed by atoms with Gasteiger partial charge in [-0.1, -0.05) is 6.07 Å². The lowest BCUT2D eigenvalue weighted by molar-refractivity contribution is -0.199. The molecule has 1 atom stereocenters. The normalized spacial score (nSPS) is 19.5. The van der Waals surface area contributed by atoms with Gasteiger partial charge in [0.2, 0.25) is 5.88 Å². The van der Waals surface area contributed by atoms with Crippen LogP contribution < -0.4 is 10.1 Å². The highest BCUT2D eigenvalue weighted by Crippen LogP contribution is 2.53. The number of aromatic amines is 1. The van der Waals surface area contributed by atoms with E-state index in [4.69, 9.17) is 4.74 Å². The van der Waals surface area contributed by atoms with Crippen LogP contribution in [0.4, 0.5) is 13.2 Å². The summed E-state index contributed by atoms with van der Waals surface area (Å²) >= 11 is 0. The van der Waals surface area contributed by atoms with Gasteiger partial charge in [0.1, 0.15) is 17.5 Å². The van der Waals surface area contributed by atoms with E-state index in [1.54, 1.807) is 30.6 Å². The number of alkyl halides is 3. The molecule has 2 aromatic heterocycles. The van der Waals surface area contributed by atoms with Crippen molar-refractivity contribution in [1.29, 1.82) is 0 Å². The van der Waals surface area contributed by atoms with Crippen molar-refractivity contribution in [2.24, 2.45) is 5.41 Å². The molecular weight excluding hydrogens is 439 g/mol. The van der Waals surface area contributed by atoms with Crippen LogP contribution in [0.25, 0.3) is 22.3 Å². The number of nitrogens with one attached hydrogen (secondary N) is 2. The minimum Gasteiger partial charge on any atom is -0.471 e. The Bertz CT molecular complexity index is 1180. The Morgan fingerprint density at radius 2 is 2.06 bits per heavy atom. The summed E-state index contributed by atoms with van der Waals surface area (Å²) in [5.41, 5.74) is 2.76. The topological polar surface area (TPSA) is 102 Å². The average molecular weight is 461 g/mol. The third kappa shape index (κ3) is 4.50. The molecule has 1 spiro atoms. The van der Waals surface area contributed by atoms with E-state index in [2.05, 4.69) is 30.2 Å². The number of piperidine rings is 1. The van der Waals surface area contributed by atoms with Crippen molar-refractivity contribution in [2.45, 2.75) is 38.0 Å². The van der Waals surface area contributed by atoms with E-state index < -0.39 is 12.1 Å². The summed E-state index contributed by atoms with van der Waals surface area (Å²) in [4.78, 5) is 19.8. The standard InChI is InChI=1S/C22H22F3N5O3/c23-22(24,25)20(31)32-8-3-13-1-2-15-14(9-13)19(30-29-15)16-10-27-12-18(28-16)33-17-11-26-7-6-21(17)4-5-21/h1-2,9-10,12,17,26H,3-8,11H2,(H,29,30)/t17-/m0/s1. The molecule has 0 radical (unpaired) electrons. The molecule has 1 aliphatic carbocycles. The predicted molar refractivity (Wildman–Crippen MR) is 111 cm³/mol. The lowest BCUT2D eigenvalue weighted by Crippen LogP contribution is -2.45. The minimum atomic E-state index is -5.00. The first-order chi connectivity index (χ1) is 15.8. The molecule has 0 unspecified atom stereocenters. The molecule has 11 heteroatoms. The third-order valence-electron chi connectivity index (χ3n) is 6.31. The first kappa shape index (κ1) is 21.6. The Morgan fingerprint density at radius 1 is 1.21 bits per heavy atom. The number of aromatic nitrogens is 4. The molecule has 3 aromatic rings. The van der Waals surface area contributed by atoms with Gasteiger partial charge in [-0.25, -0.2) is 9.78 Å². The van der Waals surface area contributed by atoms with Crippen LogP contribution in [0.3, 0.4) is 0 Å². The number of ether oxygens (including phenoxy) is 2.